The van der Waals surface area contributed by atoms with Gasteiger partial charge in [0.15, 0.2) is 5.75 Å². The van der Waals surface area contributed by atoms with Crippen LogP contribution in [0.15, 0.2) is 192 Å². The molecule has 11 aromatic rings. The summed E-state index contributed by atoms with van der Waals surface area (Å²) in [7, 11) is -6.16. The van der Waals surface area contributed by atoms with Crippen molar-refractivity contribution in [1.82, 2.24) is 0 Å². The molecule has 0 N–H and O–H groups in total. The number of alkyl halides is 3. The first kappa shape index (κ1) is 41.4. The molecule has 0 atom stereocenters. The minimum Gasteiger partial charge on any atom is -0.456 e. The molecule has 0 aliphatic heterocycles. The Bertz CT molecular complexity index is 3680. The third-order valence-electron chi connectivity index (χ3n) is 11.1. The number of furan rings is 1. The zero-order valence-corrected chi connectivity index (χ0v) is 36.7. The number of hydrogen-bond acceptors (Lipinski definition) is 9. The van der Waals surface area contributed by atoms with E-state index < -0.39 is 21.4 Å². The van der Waals surface area contributed by atoms with Gasteiger partial charge in [-0.3, -0.25) is 0 Å². The van der Waals surface area contributed by atoms with E-state index in [9.17, 15) is 21.6 Å². The van der Waals surface area contributed by atoms with E-state index in [4.69, 9.17) is 8.60 Å². The van der Waals surface area contributed by atoms with Crippen LogP contribution in [0.3, 0.4) is 0 Å². The maximum atomic E-state index is 14.4. The van der Waals surface area contributed by atoms with Crippen LogP contribution in [-0.4, -0.2) is 13.9 Å². The highest BCUT2D eigenvalue weighted by Crippen LogP contribution is 2.48. The Labute approximate surface area is 379 Å². The highest BCUT2D eigenvalue weighted by atomic mass is 33.1. The molecule has 0 saturated carbocycles. The van der Waals surface area contributed by atoms with Crippen molar-refractivity contribution in [1.29, 1.82) is 0 Å². The Morgan fingerprint density at radius 1 is 0.469 bits per heavy atom. The van der Waals surface area contributed by atoms with Crippen molar-refractivity contribution in [2.75, 3.05) is 9.80 Å². The van der Waals surface area contributed by atoms with Crippen LogP contribution in [0.1, 0.15) is 0 Å². The van der Waals surface area contributed by atoms with E-state index in [1.807, 2.05) is 175 Å². The SMILES string of the molecule is O=S(=O)(Oc1cc(N(c2ccc3ccccc3c2)c2ccc3oc4ccccc4c3c2)ccc1N(c1ccc2ccccc2c1)c1ccc2sc3ccccc3c2c1)C(F)(F)F.SS. The van der Waals surface area contributed by atoms with Gasteiger partial charge in [0.2, 0.25) is 0 Å². The number of anilines is 6. The molecule has 64 heavy (non-hydrogen) atoms. The molecule has 2 aromatic heterocycles. The first-order valence-electron chi connectivity index (χ1n) is 19.8. The Morgan fingerprint density at radius 3 is 1.66 bits per heavy atom. The Balaban J connectivity index is 0.00000239. The third kappa shape index (κ3) is 7.43. The smallest absolute Gasteiger partial charge is 0.456 e. The number of benzene rings is 9. The van der Waals surface area contributed by atoms with Crippen LogP contribution >= 0.6 is 34.7 Å². The average molecular weight is 923 g/mol. The number of halogens is 3. The van der Waals surface area contributed by atoms with Gasteiger partial charge in [0.1, 0.15) is 11.2 Å². The van der Waals surface area contributed by atoms with Gasteiger partial charge in [-0.2, -0.15) is 21.6 Å². The predicted octanol–water partition coefficient (Wildman–Crippen LogP) is 16.2. The van der Waals surface area contributed by atoms with Crippen LogP contribution in [-0.2, 0) is 10.1 Å². The maximum Gasteiger partial charge on any atom is 0.534 e. The summed E-state index contributed by atoms with van der Waals surface area (Å²) in [4.78, 5) is 3.61. The normalized spacial score (nSPS) is 12.0. The van der Waals surface area contributed by atoms with Crippen molar-refractivity contribution in [2.45, 2.75) is 5.51 Å². The van der Waals surface area contributed by atoms with Gasteiger partial charge in [-0.05, 0) is 106 Å². The summed E-state index contributed by atoms with van der Waals surface area (Å²) in [5.74, 6) is -0.524. The molecule has 13 heteroatoms. The van der Waals surface area contributed by atoms with Gasteiger partial charge in [-0.25, -0.2) is 0 Å². The molecule has 0 aliphatic carbocycles. The molecule has 0 radical (unpaired) electrons. The van der Waals surface area contributed by atoms with E-state index >= 15 is 0 Å². The topological polar surface area (TPSA) is 63.0 Å². The number of fused-ring (bicyclic) bond motifs is 8. The summed E-state index contributed by atoms with van der Waals surface area (Å²) in [6.07, 6.45) is 0. The first-order valence-corrected chi connectivity index (χ1v) is 23.7. The highest BCUT2D eigenvalue weighted by Gasteiger charge is 2.49. The van der Waals surface area contributed by atoms with Gasteiger partial charge in [0.05, 0.1) is 11.4 Å². The number of para-hydroxylation sites is 1. The monoisotopic (exact) mass is 922 g/mol. The zero-order chi connectivity index (χ0) is 44.2. The summed E-state index contributed by atoms with van der Waals surface area (Å²) in [5.41, 5.74) is -1.44. The second kappa shape index (κ2) is 16.5. The molecule has 0 fully saturated rings. The molecule has 0 unspecified atom stereocenters. The molecular formula is C51H33F3N2O4S4. The van der Waals surface area contributed by atoms with Crippen LogP contribution in [0.25, 0.3) is 63.7 Å². The van der Waals surface area contributed by atoms with Crippen LogP contribution in [0.4, 0.5) is 47.3 Å². The first-order chi connectivity index (χ1) is 31.1. The van der Waals surface area contributed by atoms with Crippen LogP contribution in [0.2, 0.25) is 0 Å². The number of thiophene rings is 1. The third-order valence-corrected chi connectivity index (χ3v) is 13.3. The quantitative estimate of drug-likeness (QED) is 0.0685. The minimum atomic E-state index is -6.16. The standard InChI is InChI=1S/C51H31F3N2O4S2.H2S2/c52-51(53,54)62(57,58)60-48-31-40(55(36-19-17-32-9-1-3-11-34(32)27-36)38-22-25-47-43(29-38)41-13-5-7-15-46(41)59-47)21-24-45(48)56(37-20-18-33-10-2-4-12-35(33)28-37)39-23-26-50-44(30-39)42-14-6-8-16-49(42)61-50;1-2/h1-31H;1-2H. The van der Waals surface area contributed by atoms with Crippen molar-refractivity contribution >= 4 is 143 Å². The van der Waals surface area contributed by atoms with E-state index in [-0.39, 0.29) is 5.69 Å². The Morgan fingerprint density at radius 2 is 0.953 bits per heavy atom. The summed E-state index contributed by atoms with van der Waals surface area (Å²) >= 11 is 8.08. The fourth-order valence-electron chi connectivity index (χ4n) is 8.27. The molecular weight excluding hydrogens is 890 g/mol. The van der Waals surface area contributed by atoms with Crippen LogP contribution < -0.4 is 14.0 Å². The van der Waals surface area contributed by atoms with Gasteiger partial charge in [0.25, 0.3) is 0 Å². The number of rotatable bonds is 8. The highest BCUT2D eigenvalue weighted by molar-refractivity contribution is 8.59. The van der Waals surface area contributed by atoms with E-state index in [0.717, 1.165) is 52.5 Å². The van der Waals surface area contributed by atoms with Gasteiger partial charge in [-0.15, -0.1) is 34.7 Å². The van der Waals surface area contributed by atoms with E-state index in [0.29, 0.717) is 39.6 Å². The molecule has 0 bridgehead atoms. The molecule has 11 rings (SSSR count). The zero-order valence-electron chi connectivity index (χ0n) is 33.3. The number of hydrogen-bond donors (Lipinski definition) is 2. The summed E-state index contributed by atoms with van der Waals surface area (Å²) < 4.78 is 83.0. The molecule has 0 saturated heterocycles. The van der Waals surface area contributed by atoms with Crippen molar-refractivity contribution in [3.63, 3.8) is 0 Å². The van der Waals surface area contributed by atoms with E-state index in [1.165, 1.54) is 6.07 Å². The van der Waals surface area contributed by atoms with Crippen molar-refractivity contribution < 1.29 is 30.2 Å². The van der Waals surface area contributed by atoms with Gasteiger partial charge in [-0.1, -0.05) is 97.1 Å². The largest absolute Gasteiger partial charge is 0.534 e. The fourth-order valence-corrected chi connectivity index (χ4v) is 9.82. The van der Waals surface area contributed by atoms with Crippen molar-refractivity contribution in [3.05, 3.63) is 188 Å². The number of nitrogens with zero attached hydrogens (tertiary/aromatic N) is 2. The van der Waals surface area contributed by atoms with E-state index in [1.54, 1.807) is 28.4 Å². The van der Waals surface area contributed by atoms with Gasteiger partial charge >= 0.3 is 15.6 Å². The van der Waals surface area contributed by atoms with E-state index in [2.05, 4.69) is 23.3 Å². The average Bonchev–Trinajstić information content (AvgIpc) is 3.88. The van der Waals surface area contributed by atoms with Crippen LogP contribution in [0, 0.1) is 0 Å². The second-order valence-electron chi connectivity index (χ2n) is 14.9. The lowest BCUT2D eigenvalue weighted by atomic mass is 10.1. The molecule has 316 valence electrons. The summed E-state index contributed by atoms with van der Waals surface area (Å²) in [6.45, 7) is 0. The van der Waals surface area contributed by atoms with Crippen molar-refractivity contribution in [3.8, 4) is 5.75 Å². The second-order valence-corrected chi connectivity index (χ2v) is 17.5. The summed E-state index contributed by atoms with van der Waals surface area (Å²) in [6, 6.07) is 59.1. The lowest BCUT2D eigenvalue weighted by Gasteiger charge is -2.30. The summed E-state index contributed by atoms with van der Waals surface area (Å²) in [5, 5.41) is 7.43. The van der Waals surface area contributed by atoms with Crippen molar-refractivity contribution in [2.24, 2.45) is 0 Å². The lowest BCUT2D eigenvalue weighted by Crippen LogP contribution is -2.28. The Hall–Kier alpha value is -6.64. The molecule has 0 aliphatic rings. The Kier molecular flexibility index (Phi) is 10.7. The van der Waals surface area contributed by atoms with Gasteiger partial charge < -0.3 is 18.4 Å². The predicted molar refractivity (Wildman–Crippen MR) is 265 cm³/mol. The maximum absolute atomic E-state index is 14.4. The molecule has 2 heterocycles. The molecule has 0 amide bonds. The molecule has 6 nitrogen and oxygen atoms in total. The fraction of sp³-hybridized carbons (Fsp3) is 0.0196. The van der Waals surface area contributed by atoms with Gasteiger partial charge in [0, 0.05) is 59.8 Å². The van der Waals surface area contributed by atoms with Crippen LogP contribution in [0.5, 0.6) is 5.75 Å². The number of thiol groups is 2. The molecule has 9 aromatic carbocycles. The minimum absolute atomic E-state index is 0.0745. The molecule has 0 spiro atoms. The lowest BCUT2D eigenvalue weighted by molar-refractivity contribution is -0.0499.